The second-order valence-electron chi connectivity index (χ2n) is 6.88. The van der Waals surface area contributed by atoms with Crippen LogP contribution in [0.15, 0.2) is 36.4 Å². The molecular weight excluding hydrogens is 340 g/mol. The Morgan fingerprint density at radius 1 is 1.22 bits per heavy atom. The summed E-state index contributed by atoms with van der Waals surface area (Å²) in [7, 11) is 0. The maximum absolute atomic E-state index is 12.3. The number of amides is 2. The summed E-state index contributed by atoms with van der Waals surface area (Å²) in [6.45, 7) is 6.56. The third kappa shape index (κ3) is 4.30. The van der Waals surface area contributed by atoms with E-state index in [0.29, 0.717) is 19.4 Å². The van der Waals surface area contributed by atoms with Crippen molar-refractivity contribution in [3.05, 3.63) is 53.1 Å². The van der Waals surface area contributed by atoms with Gasteiger partial charge in [0.2, 0.25) is 11.8 Å². The van der Waals surface area contributed by atoms with Gasteiger partial charge in [0.25, 0.3) is 0 Å². The van der Waals surface area contributed by atoms with E-state index < -0.39 is 0 Å². The summed E-state index contributed by atoms with van der Waals surface area (Å²) in [5, 5.41) is 5.84. The van der Waals surface area contributed by atoms with Gasteiger partial charge in [0.05, 0.1) is 6.61 Å². The van der Waals surface area contributed by atoms with Gasteiger partial charge in [-0.05, 0) is 48.2 Å². The molecule has 1 atom stereocenters. The van der Waals surface area contributed by atoms with Gasteiger partial charge < -0.3 is 15.4 Å². The van der Waals surface area contributed by atoms with Gasteiger partial charge >= 0.3 is 0 Å². The topological polar surface area (TPSA) is 67.4 Å². The highest BCUT2D eigenvalue weighted by Crippen LogP contribution is 2.40. The van der Waals surface area contributed by atoms with Crippen LogP contribution in [-0.2, 0) is 9.59 Å². The molecule has 3 rings (SSSR count). The molecule has 2 aromatic rings. The molecule has 2 amide bonds. The minimum absolute atomic E-state index is 0.0106. The Labute approximate surface area is 160 Å². The van der Waals surface area contributed by atoms with Crippen molar-refractivity contribution < 1.29 is 14.3 Å². The van der Waals surface area contributed by atoms with Crippen molar-refractivity contribution in [2.75, 3.05) is 17.2 Å². The third-order valence-electron chi connectivity index (χ3n) is 4.79. The molecule has 0 fully saturated rings. The highest BCUT2D eigenvalue weighted by molar-refractivity contribution is 5.98. The smallest absolute Gasteiger partial charge is 0.225 e. The summed E-state index contributed by atoms with van der Waals surface area (Å²) in [6, 6.07) is 11.9. The van der Waals surface area contributed by atoms with E-state index >= 15 is 0 Å². The van der Waals surface area contributed by atoms with Gasteiger partial charge in [0.1, 0.15) is 5.75 Å². The molecule has 0 bridgehead atoms. The molecule has 1 aliphatic heterocycles. The van der Waals surface area contributed by atoms with Crippen molar-refractivity contribution in [3.8, 4) is 5.75 Å². The average molecular weight is 366 g/mol. The zero-order valence-corrected chi connectivity index (χ0v) is 16.1. The summed E-state index contributed by atoms with van der Waals surface area (Å²) < 4.78 is 5.65. The number of nitrogens with one attached hydrogen (secondary N) is 2. The van der Waals surface area contributed by atoms with Gasteiger partial charge in [0.15, 0.2) is 0 Å². The van der Waals surface area contributed by atoms with Crippen LogP contribution in [0, 0.1) is 6.92 Å². The lowest BCUT2D eigenvalue weighted by atomic mass is 9.83. The standard InChI is InChI=1S/C22H26N2O3/c1-4-10-27-16-8-6-15(7-9-16)17-12-22(26)24-20-13-19(23-21(25)5-2)14(3)11-18(17)20/h6-9,11,13,17H,4-5,10,12H2,1-3H3,(H,23,25)(H,24,26). The first-order valence-corrected chi connectivity index (χ1v) is 9.48. The Balaban J connectivity index is 1.92. The number of rotatable bonds is 6. The van der Waals surface area contributed by atoms with E-state index in [1.807, 2.05) is 44.2 Å². The maximum Gasteiger partial charge on any atom is 0.225 e. The fraction of sp³-hybridized carbons (Fsp3) is 0.364. The number of ether oxygens (including phenoxy) is 1. The van der Waals surface area contributed by atoms with E-state index in [0.717, 1.165) is 40.2 Å². The first-order valence-electron chi connectivity index (χ1n) is 9.48. The first-order chi connectivity index (χ1) is 13.0. The average Bonchev–Trinajstić information content (AvgIpc) is 2.67. The lowest BCUT2D eigenvalue weighted by Crippen LogP contribution is -2.24. The Morgan fingerprint density at radius 3 is 2.63 bits per heavy atom. The molecule has 2 aromatic carbocycles. The molecule has 2 N–H and O–H groups in total. The highest BCUT2D eigenvalue weighted by atomic mass is 16.5. The maximum atomic E-state index is 12.3. The van der Waals surface area contributed by atoms with Gasteiger partial charge in [-0.15, -0.1) is 0 Å². The molecule has 0 radical (unpaired) electrons. The van der Waals surface area contributed by atoms with Crippen LogP contribution in [0.2, 0.25) is 0 Å². The Morgan fingerprint density at radius 2 is 1.96 bits per heavy atom. The third-order valence-corrected chi connectivity index (χ3v) is 4.79. The zero-order chi connectivity index (χ0) is 19.4. The van der Waals surface area contributed by atoms with Crippen molar-refractivity contribution in [2.45, 2.75) is 46.0 Å². The molecule has 27 heavy (non-hydrogen) atoms. The van der Waals surface area contributed by atoms with Crippen LogP contribution in [0.1, 0.15) is 55.7 Å². The summed E-state index contributed by atoms with van der Waals surface area (Å²) >= 11 is 0. The van der Waals surface area contributed by atoms with E-state index in [2.05, 4.69) is 23.6 Å². The van der Waals surface area contributed by atoms with E-state index in [1.54, 1.807) is 0 Å². The number of benzene rings is 2. The SMILES string of the molecule is CCCOc1ccc(C2CC(=O)Nc3cc(NC(=O)CC)c(C)cc32)cc1. The molecular formula is C22H26N2O3. The predicted molar refractivity (Wildman–Crippen MR) is 107 cm³/mol. The van der Waals surface area contributed by atoms with Gasteiger partial charge in [-0.1, -0.05) is 32.0 Å². The lowest BCUT2D eigenvalue weighted by molar-refractivity contribution is -0.117. The van der Waals surface area contributed by atoms with Crippen molar-refractivity contribution in [1.82, 2.24) is 0 Å². The number of anilines is 2. The van der Waals surface area contributed by atoms with Crippen LogP contribution in [0.25, 0.3) is 0 Å². The minimum atomic E-state index is -0.0422. The molecule has 1 unspecified atom stereocenters. The normalized spacial score (nSPS) is 15.7. The van der Waals surface area contributed by atoms with E-state index in [-0.39, 0.29) is 17.7 Å². The summed E-state index contributed by atoms with van der Waals surface area (Å²) in [5.41, 5.74) is 4.65. The van der Waals surface area contributed by atoms with Crippen LogP contribution in [0.5, 0.6) is 5.75 Å². The van der Waals surface area contributed by atoms with Gasteiger partial charge in [-0.3, -0.25) is 9.59 Å². The molecule has 1 aliphatic rings. The summed E-state index contributed by atoms with van der Waals surface area (Å²) in [6.07, 6.45) is 1.79. The molecule has 142 valence electrons. The summed E-state index contributed by atoms with van der Waals surface area (Å²) in [4.78, 5) is 24.0. The van der Waals surface area contributed by atoms with Gasteiger partial charge in [0, 0.05) is 30.1 Å². The monoisotopic (exact) mass is 366 g/mol. The van der Waals surface area contributed by atoms with E-state index in [9.17, 15) is 9.59 Å². The minimum Gasteiger partial charge on any atom is -0.494 e. The number of carbonyl (C=O) groups is 2. The first kappa shape index (κ1) is 19.0. The molecule has 0 spiro atoms. The second kappa shape index (κ2) is 8.25. The lowest BCUT2D eigenvalue weighted by Gasteiger charge is -2.27. The molecule has 0 saturated carbocycles. The van der Waals surface area contributed by atoms with E-state index in [4.69, 9.17) is 4.74 Å². The Hall–Kier alpha value is -2.82. The summed E-state index contributed by atoms with van der Waals surface area (Å²) in [5.74, 6) is 0.772. The molecule has 5 nitrogen and oxygen atoms in total. The number of hydrogen-bond acceptors (Lipinski definition) is 3. The van der Waals surface area contributed by atoms with Gasteiger partial charge in [-0.25, -0.2) is 0 Å². The van der Waals surface area contributed by atoms with Crippen LogP contribution < -0.4 is 15.4 Å². The number of carbonyl (C=O) groups excluding carboxylic acids is 2. The van der Waals surface area contributed by atoms with Crippen LogP contribution >= 0.6 is 0 Å². The fourth-order valence-corrected chi connectivity index (χ4v) is 3.31. The Bertz CT molecular complexity index is 843. The molecule has 5 heteroatoms. The number of fused-ring (bicyclic) bond motifs is 1. The van der Waals surface area contributed by atoms with Crippen molar-refractivity contribution >= 4 is 23.2 Å². The van der Waals surface area contributed by atoms with E-state index in [1.165, 1.54) is 0 Å². The fourth-order valence-electron chi connectivity index (χ4n) is 3.31. The quantitative estimate of drug-likeness (QED) is 0.785. The highest BCUT2D eigenvalue weighted by Gasteiger charge is 2.27. The van der Waals surface area contributed by atoms with Crippen molar-refractivity contribution in [1.29, 1.82) is 0 Å². The zero-order valence-electron chi connectivity index (χ0n) is 16.1. The molecule has 0 aliphatic carbocycles. The van der Waals surface area contributed by atoms with Crippen LogP contribution in [0.3, 0.4) is 0 Å². The molecule has 1 heterocycles. The predicted octanol–water partition coefficient (Wildman–Crippen LogP) is 4.61. The largest absolute Gasteiger partial charge is 0.494 e. The van der Waals surface area contributed by atoms with Crippen LogP contribution in [0.4, 0.5) is 11.4 Å². The number of hydrogen-bond donors (Lipinski definition) is 2. The van der Waals surface area contributed by atoms with Crippen LogP contribution in [-0.4, -0.2) is 18.4 Å². The molecule has 0 aromatic heterocycles. The molecule has 0 saturated heterocycles. The van der Waals surface area contributed by atoms with Gasteiger partial charge in [-0.2, -0.15) is 0 Å². The van der Waals surface area contributed by atoms with Crippen molar-refractivity contribution in [3.63, 3.8) is 0 Å². The van der Waals surface area contributed by atoms with Crippen molar-refractivity contribution in [2.24, 2.45) is 0 Å². The number of aryl methyl sites for hydroxylation is 1. The Kier molecular flexibility index (Phi) is 5.79. The second-order valence-corrected chi connectivity index (χ2v) is 6.88.